The van der Waals surface area contributed by atoms with Crippen molar-refractivity contribution in [1.82, 2.24) is 4.90 Å². The van der Waals surface area contributed by atoms with Gasteiger partial charge in [-0.2, -0.15) is 0 Å². The van der Waals surface area contributed by atoms with Crippen molar-refractivity contribution in [1.29, 1.82) is 0 Å². The molecule has 0 spiro atoms. The minimum atomic E-state index is -0.853. The lowest BCUT2D eigenvalue weighted by Crippen LogP contribution is -2.40. The molecule has 1 atom stereocenters. The van der Waals surface area contributed by atoms with Gasteiger partial charge in [0.1, 0.15) is 17.1 Å². The first-order chi connectivity index (χ1) is 13.8. The number of carbonyl (C=O) groups is 1. The average molecular weight is 420 g/mol. The van der Waals surface area contributed by atoms with Gasteiger partial charge in [0.2, 0.25) is 0 Å². The number of methoxy groups -OCH3 is 1. The van der Waals surface area contributed by atoms with Gasteiger partial charge >= 0.3 is 5.63 Å². The topological polar surface area (TPSA) is 69.0 Å². The zero-order chi connectivity index (χ0) is 21.1. The van der Waals surface area contributed by atoms with Gasteiger partial charge in [-0.1, -0.05) is 11.6 Å². The molecule has 1 aromatic heterocycles. The summed E-state index contributed by atoms with van der Waals surface area (Å²) < 4.78 is 29.5. The van der Waals surface area contributed by atoms with Crippen molar-refractivity contribution in [3.05, 3.63) is 63.7 Å². The lowest BCUT2D eigenvalue weighted by Gasteiger charge is -2.21. The predicted molar refractivity (Wildman–Crippen MR) is 108 cm³/mol. The molecule has 1 amide bonds. The Morgan fingerprint density at radius 2 is 1.93 bits per heavy atom. The van der Waals surface area contributed by atoms with E-state index < -0.39 is 17.5 Å². The maximum absolute atomic E-state index is 13.4. The lowest BCUT2D eigenvalue weighted by atomic mass is 10.0. The Morgan fingerprint density at radius 1 is 1.17 bits per heavy atom. The van der Waals surface area contributed by atoms with Crippen molar-refractivity contribution in [3.8, 4) is 16.9 Å². The Morgan fingerprint density at radius 3 is 2.59 bits per heavy atom. The highest BCUT2D eigenvalue weighted by molar-refractivity contribution is 6.33. The van der Waals surface area contributed by atoms with Crippen LogP contribution in [-0.4, -0.2) is 44.7 Å². The number of hydrogen-bond donors (Lipinski definition) is 0. The zero-order valence-corrected chi connectivity index (χ0v) is 16.8. The van der Waals surface area contributed by atoms with Crippen molar-refractivity contribution in [2.45, 2.75) is 6.10 Å². The van der Waals surface area contributed by atoms with Crippen LogP contribution in [0.5, 0.6) is 5.75 Å². The molecule has 0 saturated heterocycles. The number of fused-ring (bicyclic) bond motifs is 1. The second-order valence-corrected chi connectivity index (χ2v) is 6.96. The first-order valence-electron chi connectivity index (χ1n) is 8.70. The van der Waals surface area contributed by atoms with Crippen molar-refractivity contribution >= 4 is 28.5 Å². The number of amides is 1. The molecule has 0 saturated carbocycles. The molecule has 3 rings (SSSR count). The van der Waals surface area contributed by atoms with E-state index in [0.29, 0.717) is 22.3 Å². The molecule has 0 aliphatic carbocycles. The molecule has 1 heterocycles. The molecule has 0 N–H and O–H groups in total. The third kappa shape index (κ3) is 4.58. The molecule has 29 heavy (non-hydrogen) atoms. The number of ether oxygens (including phenoxy) is 2. The molecule has 2 aromatic carbocycles. The Balaban J connectivity index is 2.05. The molecule has 1 unspecified atom stereocenters. The van der Waals surface area contributed by atoms with E-state index in [1.165, 1.54) is 42.3 Å². The average Bonchev–Trinajstić information content (AvgIpc) is 2.66. The smallest absolute Gasteiger partial charge is 0.336 e. The fourth-order valence-electron chi connectivity index (χ4n) is 2.91. The highest BCUT2D eigenvalue weighted by Gasteiger charge is 2.22. The molecule has 152 valence electrons. The van der Waals surface area contributed by atoms with Crippen molar-refractivity contribution in [3.63, 3.8) is 0 Å². The van der Waals surface area contributed by atoms with E-state index in [4.69, 9.17) is 25.5 Å². The summed E-state index contributed by atoms with van der Waals surface area (Å²) in [5, 5.41) is 0.765. The molecule has 6 nitrogen and oxygen atoms in total. The fourth-order valence-corrected chi connectivity index (χ4v) is 3.18. The van der Waals surface area contributed by atoms with E-state index in [-0.39, 0.29) is 23.1 Å². The quantitative estimate of drug-likeness (QED) is 0.569. The molecular formula is C21H19ClFNO5. The van der Waals surface area contributed by atoms with Gasteiger partial charge in [0.05, 0.1) is 11.6 Å². The van der Waals surface area contributed by atoms with E-state index in [1.54, 1.807) is 26.2 Å². The SMILES string of the molecule is COCC(Oc1ccc2c(-c3ccc(F)cc3Cl)cc(=O)oc2c1)C(=O)N(C)C. The van der Waals surface area contributed by atoms with E-state index in [2.05, 4.69) is 0 Å². The number of likely N-dealkylation sites (N-methyl/N-ethyl adjacent to an activating group) is 1. The van der Waals surface area contributed by atoms with Crippen LogP contribution in [0.2, 0.25) is 5.02 Å². The van der Waals surface area contributed by atoms with Crippen LogP contribution < -0.4 is 10.4 Å². The molecule has 0 fully saturated rings. The van der Waals surface area contributed by atoms with Crippen LogP contribution in [0.4, 0.5) is 4.39 Å². The first kappa shape index (κ1) is 20.8. The van der Waals surface area contributed by atoms with Gasteiger partial charge in [-0.15, -0.1) is 0 Å². The van der Waals surface area contributed by atoms with Crippen LogP contribution >= 0.6 is 11.6 Å². The molecule has 8 heteroatoms. The molecule has 0 radical (unpaired) electrons. The van der Waals surface area contributed by atoms with Crippen LogP contribution in [0.15, 0.2) is 51.7 Å². The normalized spacial score (nSPS) is 12.0. The van der Waals surface area contributed by atoms with Crippen LogP contribution in [0.1, 0.15) is 0 Å². The van der Waals surface area contributed by atoms with Gasteiger partial charge in [0, 0.05) is 49.9 Å². The van der Waals surface area contributed by atoms with Gasteiger partial charge in [-0.05, 0) is 30.3 Å². The minimum absolute atomic E-state index is 0.0597. The van der Waals surface area contributed by atoms with Gasteiger partial charge in [0.15, 0.2) is 6.10 Å². The maximum Gasteiger partial charge on any atom is 0.336 e. The molecule has 3 aromatic rings. The van der Waals surface area contributed by atoms with Crippen molar-refractivity contribution in [2.75, 3.05) is 27.8 Å². The molecular weight excluding hydrogens is 401 g/mol. The van der Waals surface area contributed by atoms with E-state index in [0.717, 1.165) is 0 Å². The summed E-state index contributed by atoms with van der Waals surface area (Å²) in [4.78, 5) is 25.7. The van der Waals surface area contributed by atoms with Crippen LogP contribution in [0.25, 0.3) is 22.1 Å². The van der Waals surface area contributed by atoms with Gasteiger partial charge in [0.25, 0.3) is 5.91 Å². The van der Waals surface area contributed by atoms with E-state index >= 15 is 0 Å². The second kappa shape index (κ2) is 8.63. The first-order valence-corrected chi connectivity index (χ1v) is 9.08. The van der Waals surface area contributed by atoms with Crippen molar-refractivity contribution < 1.29 is 23.1 Å². The minimum Gasteiger partial charge on any atom is -0.478 e. The summed E-state index contributed by atoms with van der Waals surface area (Å²) in [6.45, 7) is 0.0597. The van der Waals surface area contributed by atoms with E-state index in [1.807, 2.05) is 0 Å². The second-order valence-electron chi connectivity index (χ2n) is 6.56. The number of halogens is 2. The van der Waals surface area contributed by atoms with Crippen molar-refractivity contribution in [2.24, 2.45) is 0 Å². The largest absolute Gasteiger partial charge is 0.478 e. The van der Waals surface area contributed by atoms with Crippen LogP contribution in [0.3, 0.4) is 0 Å². The summed E-state index contributed by atoms with van der Waals surface area (Å²) in [5.74, 6) is -0.406. The Kier molecular flexibility index (Phi) is 6.20. The lowest BCUT2D eigenvalue weighted by molar-refractivity contribution is -0.138. The fraction of sp³-hybridized carbons (Fsp3) is 0.238. The van der Waals surface area contributed by atoms with Gasteiger partial charge in [-0.3, -0.25) is 4.79 Å². The number of nitrogens with zero attached hydrogens (tertiary/aromatic N) is 1. The third-order valence-electron chi connectivity index (χ3n) is 4.25. The number of benzene rings is 2. The number of carbonyl (C=O) groups excluding carboxylic acids is 1. The Hall–Kier alpha value is -2.90. The standard InChI is InChI=1S/C21H19ClFNO5/c1-24(2)21(26)19(11-27-3)28-13-5-7-15-16(10-20(25)29-18(15)9-13)14-6-4-12(23)8-17(14)22/h4-10,19H,11H2,1-3H3. The van der Waals surface area contributed by atoms with Crippen LogP contribution in [-0.2, 0) is 9.53 Å². The Labute approximate surface area is 171 Å². The summed E-state index contributed by atoms with van der Waals surface area (Å²) in [5.41, 5.74) is 0.659. The number of hydrogen-bond acceptors (Lipinski definition) is 5. The zero-order valence-electron chi connectivity index (χ0n) is 16.1. The molecule has 0 aliphatic heterocycles. The van der Waals surface area contributed by atoms with Crippen LogP contribution in [0, 0.1) is 5.82 Å². The predicted octanol–water partition coefficient (Wildman–Crippen LogP) is 3.73. The van der Waals surface area contributed by atoms with E-state index in [9.17, 15) is 14.0 Å². The summed E-state index contributed by atoms with van der Waals surface area (Å²) in [7, 11) is 4.70. The maximum atomic E-state index is 13.4. The Bertz CT molecular complexity index is 1110. The summed E-state index contributed by atoms with van der Waals surface area (Å²) in [6, 6.07) is 10.1. The number of rotatable bonds is 6. The third-order valence-corrected chi connectivity index (χ3v) is 4.56. The van der Waals surface area contributed by atoms with Gasteiger partial charge in [-0.25, -0.2) is 9.18 Å². The summed E-state index contributed by atoms with van der Waals surface area (Å²) >= 11 is 6.16. The molecule has 0 aliphatic rings. The summed E-state index contributed by atoms with van der Waals surface area (Å²) in [6.07, 6.45) is -0.853. The van der Waals surface area contributed by atoms with Gasteiger partial charge < -0.3 is 18.8 Å². The monoisotopic (exact) mass is 419 g/mol. The highest BCUT2D eigenvalue weighted by Crippen LogP contribution is 2.34. The molecule has 0 bridgehead atoms. The highest BCUT2D eigenvalue weighted by atomic mass is 35.5.